The van der Waals surface area contributed by atoms with Crippen LogP contribution in [0.15, 0.2) is 18.2 Å². The van der Waals surface area contributed by atoms with Crippen LogP contribution in [0.4, 0.5) is 0 Å². The predicted octanol–water partition coefficient (Wildman–Crippen LogP) is 2.63. The van der Waals surface area contributed by atoms with Crippen molar-refractivity contribution in [2.24, 2.45) is 0 Å². The normalized spacial score (nSPS) is 25.4. The Morgan fingerprint density at radius 2 is 1.79 bits per heavy atom. The highest BCUT2D eigenvalue weighted by molar-refractivity contribution is 5.92. The topological polar surface area (TPSA) is 80.5 Å². The van der Waals surface area contributed by atoms with Crippen LogP contribution in [0.3, 0.4) is 0 Å². The van der Waals surface area contributed by atoms with Crippen LogP contribution in [0, 0.1) is 0 Å². The molecule has 3 aliphatic heterocycles. The molecular formula is C26H37N2O5+. The molecule has 0 spiro atoms. The summed E-state index contributed by atoms with van der Waals surface area (Å²) in [4.78, 5) is 27.8. The summed E-state index contributed by atoms with van der Waals surface area (Å²) in [7, 11) is 0. The van der Waals surface area contributed by atoms with Crippen molar-refractivity contribution in [3.05, 3.63) is 29.3 Å². The first kappa shape index (κ1) is 23.6. The van der Waals surface area contributed by atoms with E-state index in [2.05, 4.69) is 0 Å². The van der Waals surface area contributed by atoms with E-state index in [9.17, 15) is 14.7 Å². The van der Waals surface area contributed by atoms with Gasteiger partial charge in [0, 0.05) is 31.7 Å². The van der Waals surface area contributed by atoms with Gasteiger partial charge < -0.3 is 24.4 Å². The van der Waals surface area contributed by atoms with Crippen molar-refractivity contribution in [2.45, 2.75) is 77.0 Å². The standard InChI is InChI=1S/C26H36N2O5/c1-18(29)32-25-23(28-16-8-5-9-17-28)22-20(33-26(25,2)3)12-10-19(24(22)31)11-13-21(30)27-14-6-4-7-15-27/h10-13,23,25,31H,4-9,14-17H2,1-3H3/p+1/b13-11+/t23-,25+/m1/s1. The zero-order chi connectivity index (χ0) is 23.6. The molecule has 180 valence electrons. The third-order valence-corrected chi connectivity index (χ3v) is 7.18. The lowest BCUT2D eigenvalue weighted by Gasteiger charge is -2.46. The minimum Gasteiger partial charge on any atom is -0.507 e. The van der Waals surface area contributed by atoms with Gasteiger partial charge in [-0.25, -0.2) is 0 Å². The molecule has 1 aromatic carbocycles. The third kappa shape index (κ3) is 5.03. The molecule has 2 fully saturated rings. The number of amides is 1. The Hall–Kier alpha value is -2.54. The number of hydrogen-bond donors (Lipinski definition) is 2. The minimum atomic E-state index is -0.734. The summed E-state index contributed by atoms with van der Waals surface area (Å²) in [5.74, 6) is 0.332. The van der Waals surface area contributed by atoms with Crippen molar-refractivity contribution < 1.29 is 29.1 Å². The summed E-state index contributed by atoms with van der Waals surface area (Å²) in [6.45, 7) is 8.75. The Morgan fingerprint density at radius 3 is 2.45 bits per heavy atom. The first-order valence-corrected chi connectivity index (χ1v) is 12.3. The van der Waals surface area contributed by atoms with Gasteiger partial charge in [0.25, 0.3) is 0 Å². The Bertz CT molecular complexity index is 914. The first-order chi connectivity index (χ1) is 15.8. The van der Waals surface area contributed by atoms with Crippen LogP contribution in [-0.2, 0) is 14.3 Å². The third-order valence-electron chi connectivity index (χ3n) is 7.18. The second-order valence-corrected chi connectivity index (χ2v) is 10.1. The number of phenols is 1. The highest BCUT2D eigenvalue weighted by Crippen LogP contribution is 2.46. The number of likely N-dealkylation sites (tertiary alicyclic amines) is 2. The Labute approximate surface area is 196 Å². The number of nitrogens with one attached hydrogen (secondary N) is 1. The lowest BCUT2D eigenvalue weighted by molar-refractivity contribution is -0.941. The molecule has 3 aliphatic rings. The van der Waals surface area contributed by atoms with E-state index in [4.69, 9.17) is 9.47 Å². The van der Waals surface area contributed by atoms with E-state index >= 15 is 0 Å². The molecule has 0 aromatic heterocycles. The number of esters is 1. The van der Waals surface area contributed by atoms with E-state index < -0.39 is 11.7 Å². The number of aromatic hydroxyl groups is 1. The largest absolute Gasteiger partial charge is 0.507 e. The number of benzene rings is 1. The maximum atomic E-state index is 12.6. The summed E-state index contributed by atoms with van der Waals surface area (Å²) in [5.41, 5.74) is 0.511. The fourth-order valence-corrected chi connectivity index (χ4v) is 5.53. The SMILES string of the molecule is CC(=O)O[C@H]1[C@H]([NH+]2CCCCC2)c2c(ccc(/C=C/C(=O)N3CCCCC3)c2O)OC1(C)C. The molecule has 0 radical (unpaired) electrons. The first-order valence-electron chi connectivity index (χ1n) is 12.3. The molecule has 7 heteroatoms. The second kappa shape index (κ2) is 9.75. The van der Waals surface area contributed by atoms with Crippen LogP contribution < -0.4 is 9.64 Å². The van der Waals surface area contributed by atoms with Crippen LogP contribution in [0.2, 0.25) is 0 Å². The predicted molar refractivity (Wildman–Crippen MR) is 125 cm³/mol. The monoisotopic (exact) mass is 457 g/mol. The summed E-state index contributed by atoms with van der Waals surface area (Å²) in [5, 5.41) is 11.4. The zero-order valence-corrected chi connectivity index (χ0v) is 20.1. The maximum absolute atomic E-state index is 12.6. The van der Waals surface area contributed by atoms with Crippen molar-refractivity contribution in [1.82, 2.24) is 4.90 Å². The number of piperidine rings is 2. The summed E-state index contributed by atoms with van der Waals surface area (Å²) < 4.78 is 12.1. The quantitative estimate of drug-likeness (QED) is 0.537. The van der Waals surface area contributed by atoms with Crippen LogP contribution in [0.25, 0.3) is 6.08 Å². The molecule has 33 heavy (non-hydrogen) atoms. The number of carbonyl (C=O) groups excluding carboxylic acids is 2. The molecule has 1 amide bonds. The van der Waals surface area contributed by atoms with Gasteiger partial charge in [0.2, 0.25) is 5.91 Å². The zero-order valence-electron chi connectivity index (χ0n) is 20.1. The van der Waals surface area contributed by atoms with Gasteiger partial charge in [0.05, 0.1) is 18.7 Å². The van der Waals surface area contributed by atoms with E-state index in [1.807, 2.05) is 24.8 Å². The molecular weight excluding hydrogens is 420 g/mol. The number of fused-ring (bicyclic) bond motifs is 1. The molecule has 2 saturated heterocycles. The fraction of sp³-hybridized carbons (Fsp3) is 0.615. The van der Waals surface area contributed by atoms with E-state index in [-0.39, 0.29) is 23.7 Å². The highest BCUT2D eigenvalue weighted by Gasteiger charge is 2.52. The molecule has 2 N–H and O–H groups in total. The minimum absolute atomic E-state index is 0.0276. The fourth-order valence-electron chi connectivity index (χ4n) is 5.53. The molecule has 0 bridgehead atoms. The number of quaternary nitrogens is 1. The summed E-state index contributed by atoms with van der Waals surface area (Å²) in [6, 6.07) is 3.42. The number of rotatable bonds is 4. The number of ether oxygens (including phenoxy) is 2. The van der Waals surface area contributed by atoms with Crippen molar-refractivity contribution in [3.8, 4) is 11.5 Å². The lowest BCUT2D eigenvalue weighted by atomic mass is 9.83. The van der Waals surface area contributed by atoms with E-state index in [0.29, 0.717) is 16.9 Å². The average Bonchev–Trinajstić information content (AvgIpc) is 2.80. The van der Waals surface area contributed by atoms with E-state index in [0.717, 1.165) is 51.9 Å². The van der Waals surface area contributed by atoms with Gasteiger partial charge in [0.15, 0.2) is 12.1 Å². The number of carbonyl (C=O) groups is 2. The highest BCUT2D eigenvalue weighted by atomic mass is 16.6. The lowest BCUT2D eigenvalue weighted by Crippen LogP contribution is -3.14. The average molecular weight is 458 g/mol. The van der Waals surface area contributed by atoms with E-state index in [1.165, 1.54) is 24.7 Å². The van der Waals surface area contributed by atoms with Crippen molar-refractivity contribution in [3.63, 3.8) is 0 Å². The van der Waals surface area contributed by atoms with Gasteiger partial charge in [-0.2, -0.15) is 0 Å². The molecule has 0 saturated carbocycles. The molecule has 4 rings (SSSR count). The van der Waals surface area contributed by atoms with Crippen LogP contribution in [-0.4, -0.2) is 59.8 Å². The number of hydrogen-bond acceptors (Lipinski definition) is 5. The van der Waals surface area contributed by atoms with Gasteiger partial charge >= 0.3 is 5.97 Å². The molecule has 7 nitrogen and oxygen atoms in total. The molecule has 0 aliphatic carbocycles. The van der Waals surface area contributed by atoms with Crippen molar-refractivity contribution in [2.75, 3.05) is 26.2 Å². The smallest absolute Gasteiger partial charge is 0.303 e. The van der Waals surface area contributed by atoms with Crippen LogP contribution >= 0.6 is 0 Å². The Balaban J connectivity index is 1.70. The Morgan fingerprint density at radius 1 is 1.12 bits per heavy atom. The van der Waals surface area contributed by atoms with Gasteiger partial charge in [-0.1, -0.05) is 0 Å². The molecule has 3 heterocycles. The second-order valence-electron chi connectivity index (χ2n) is 10.1. The molecule has 0 unspecified atom stereocenters. The van der Waals surface area contributed by atoms with Crippen molar-refractivity contribution >= 4 is 18.0 Å². The Kier molecular flexibility index (Phi) is 6.98. The van der Waals surface area contributed by atoms with Crippen LogP contribution in [0.1, 0.15) is 76.5 Å². The molecule has 1 aromatic rings. The maximum Gasteiger partial charge on any atom is 0.303 e. The molecule has 2 atom stereocenters. The van der Waals surface area contributed by atoms with Crippen LogP contribution in [0.5, 0.6) is 11.5 Å². The van der Waals surface area contributed by atoms with Crippen molar-refractivity contribution in [1.29, 1.82) is 0 Å². The summed E-state index contributed by atoms with van der Waals surface area (Å²) in [6.07, 6.45) is 9.33. The van der Waals surface area contributed by atoms with Gasteiger partial charge in [-0.05, 0) is 70.6 Å². The van der Waals surface area contributed by atoms with E-state index in [1.54, 1.807) is 18.2 Å². The van der Waals surface area contributed by atoms with Gasteiger partial charge in [-0.3, -0.25) is 9.59 Å². The van der Waals surface area contributed by atoms with Gasteiger partial charge in [-0.15, -0.1) is 0 Å². The summed E-state index contributed by atoms with van der Waals surface area (Å²) >= 11 is 0. The number of nitrogens with zero attached hydrogens (tertiary/aromatic N) is 1. The van der Waals surface area contributed by atoms with Gasteiger partial charge in [0.1, 0.15) is 17.1 Å². The number of phenolic OH excluding ortho intramolecular Hbond substituents is 1.